The molecular weight excluding hydrogens is 272 g/mol. The molecule has 0 aromatic heterocycles. The second-order valence-electron chi connectivity index (χ2n) is 4.40. The maximum atomic E-state index is 11.8. The van der Waals surface area contributed by atoms with Crippen LogP contribution in [0.1, 0.15) is 20.7 Å². The van der Waals surface area contributed by atoms with Gasteiger partial charge in [0.05, 0.1) is 24.8 Å². The van der Waals surface area contributed by atoms with E-state index in [0.29, 0.717) is 17.7 Å². The van der Waals surface area contributed by atoms with E-state index in [0.717, 1.165) is 10.8 Å². The molecule has 5 nitrogen and oxygen atoms in total. The second-order valence-corrected chi connectivity index (χ2v) is 4.40. The van der Waals surface area contributed by atoms with Crippen LogP contribution in [0, 0.1) is 0 Å². The number of hydrogen-bond donors (Lipinski definition) is 0. The van der Waals surface area contributed by atoms with Crippen molar-refractivity contribution in [2.75, 3.05) is 27.4 Å². The number of carbonyl (C=O) groups excluding carboxylic acids is 2. The molecule has 0 heterocycles. The lowest BCUT2D eigenvalue weighted by atomic mass is 10.0. The van der Waals surface area contributed by atoms with Crippen LogP contribution in [0.15, 0.2) is 36.4 Å². The molecule has 0 radical (unpaired) electrons. The maximum Gasteiger partial charge on any atom is 0.338 e. The van der Waals surface area contributed by atoms with Crippen LogP contribution in [0.3, 0.4) is 0 Å². The molecule has 2 aromatic carbocycles. The summed E-state index contributed by atoms with van der Waals surface area (Å²) < 4.78 is 14.6. The molecule has 0 saturated heterocycles. The largest absolute Gasteiger partial charge is 0.465 e. The van der Waals surface area contributed by atoms with Crippen LogP contribution in [0.2, 0.25) is 0 Å². The molecule has 0 aliphatic rings. The Kier molecular flexibility index (Phi) is 4.90. The van der Waals surface area contributed by atoms with Crippen molar-refractivity contribution < 1.29 is 23.8 Å². The summed E-state index contributed by atoms with van der Waals surface area (Å²) in [7, 11) is 2.88. The van der Waals surface area contributed by atoms with Gasteiger partial charge in [0.25, 0.3) is 0 Å². The molecule has 0 fully saturated rings. The van der Waals surface area contributed by atoms with Crippen LogP contribution in [-0.4, -0.2) is 39.4 Å². The Morgan fingerprint density at radius 3 is 1.95 bits per heavy atom. The van der Waals surface area contributed by atoms with Crippen LogP contribution in [-0.2, 0) is 14.2 Å². The number of benzene rings is 2. The summed E-state index contributed by atoms with van der Waals surface area (Å²) in [6.45, 7) is 0.580. The lowest BCUT2D eigenvalue weighted by molar-refractivity contribution is 0.0388. The summed E-state index contributed by atoms with van der Waals surface area (Å²) in [5.74, 6) is -0.786. The van der Waals surface area contributed by atoms with E-state index in [1.807, 2.05) is 0 Å². The number of esters is 2. The van der Waals surface area contributed by atoms with Crippen molar-refractivity contribution in [2.24, 2.45) is 0 Å². The normalized spacial score (nSPS) is 10.4. The van der Waals surface area contributed by atoms with Crippen molar-refractivity contribution in [1.29, 1.82) is 0 Å². The van der Waals surface area contributed by atoms with E-state index < -0.39 is 5.97 Å². The molecule has 0 spiro atoms. The average molecular weight is 288 g/mol. The highest BCUT2D eigenvalue weighted by molar-refractivity contribution is 5.98. The van der Waals surface area contributed by atoms with Gasteiger partial charge in [-0.1, -0.05) is 12.1 Å². The number of hydrogen-bond acceptors (Lipinski definition) is 5. The third kappa shape index (κ3) is 3.58. The highest BCUT2D eigenvalue weighted by Crippen LogP contribution is 2.19. The van der Waals surface area contributed by atoms with Crippen molar-refractivity contribution in [3.8, 4) is 0 Å². The Morgan fingerprint density at radius 1 is 0.857 bits per heavy atom. The fraction of sp³-hybridized carbons (Fsp3) is 0.250. The molecule has 0 saturated carbocycles. The smallest absolute Gasteiger partial charge is 0.338 e. The lowest BCUT2D eigenvalue weighted by Crippen LogP contribution is -2.09. The quantitative estimate of drug-likeness (QED) is 0.624. The summed E-state index contributed by atoms with van der Waals surface area (Å²) in [6, 6.07) is 10.3. The van der Waals surface area contributed by atoms with Crippen LogP contribution < -0.4 is 0 Å². The zero-order valence-corrected chi connectivity index (χ0v) is 11.9. The molecule has 2 rings (SSSR count). The first-order valence-electron chi connectivity index (χ1n) is 6.44. The number of fused-ring (bicyclic) bond motifs is 1. The summed E-state index contributed by atoms with van der Waals surface area (Å²) in [5.41, 5.74) is 0.935. The lowest BCUT2D eigenvalue weighted by Gasteiger charge is -2.06. The molecule has 0 N–H and O–H groups in total. The van der Waals surface area contributed by atoms with Crippen LogP contribution in [0.5, 0.6) is 0 Å². The molecule has 2 aromatic rings. The van der Waals surface area contributed by atoms with E-state index >= 15 is 0 Å². The fourth-order valence-corrected chi connectivity index (χ4v) is 1.92. The van der Waals surface area contributed by atoms with Crippen molar-refractivity contribution in [3.63, 3.8) is 0 Å². The Labute approximate surface area is 122 Å². The monoisotopic (exact) mass is 288 g/mol. The molecular formula is C16H16O5. The van der Waals surface area contributed by atoms with E-state index in [2.05, 4.69) is 4.74 Å². The van der Waals surface area contributed by atoms with Gasteiger partial charge < -0.3 is 14.2 Å². The van der Waals surface area contributed by atoms with Gasteiger partial charge in [-0.3, -0.25) is 0 Å². The summed E-state index contributed by atoms with van der Waals surface area (Å²) in [4.78, 5) is 23.3. The average Bonchev–Trinajstić information content (AvgIpc) is 2.53. The van der Waals surface area contributed by atoms with E-state index in [1.54, 1.807) is 43.5 Å². The minimum absolute atomic E-state index is 0.217. The van der Waals surface area contributed by atoms with Crippen molar-refractivity contribution in [1.82, 2.24) is 0 Å². The molecule has 110 valence electrons. The van der Waals surface area contributed by atoms with E-state index in [1.165, 1.54) is 7.11 Å². The van der Waals surface area contributed by atoms with Gasteiger partial charge in [-0.15, -0.1) is 0 Å². The topological polar surface area (TPSA) is 61.8 Å². The molecule has 0 bridgehead atoms. The second kappa shape index (κ2) is 6.85. The highest BCUT2D eigenvalue weighted by Gasteiger charge is 2.10. The zero-order valence-electron chi connectivity index (χ0n) is 11.9. The number of methoxy groups -OCH3 is 2. The Bertz CT molecular complexity index is 663. The van der Waals surface area contributed by atoms with E-state index in [9.17, 15) is 9.59 Å². The van der Waals surface area contributed by atoms with Gasteiger partial charge in [0.15, 0.2) is 0 Å². The Hall–Kier alpha value is -2.40. The maximum absolute atomic E-state index is 11.8. The first-order chi connectivity index (χ1) is 10.2. The first kappa shape index (κ1) is 15.0. The highest BCUT2D eigenvalue weighted by atomic mass is 16.6. The van der Waals surface area contributed by atoms with Gasteiger partial charge in [0.1, 0.15) is 6.61 Å². The molecule has 0 aliphatic carbocycles. The van der Waals surface area contributed by atoms with Gasteiger partial charge in [-0.25, -0.2) is 9.59 Å². The van der Waals surface area contributed by atoms with Gasteiger partial charge in [0, 0.05) is 7.11 Å². The SMILES string of the molecule is COCCOC(=O)c1ccc2cc(C(=O)OC)ccc2c1. The minimum Gasteiger partial charge on any atom is -0.465 e. The molecule has 0 atom stereocenters. The zero-order chi connectivity index (χ0) is 15.2. The Balaban J connectivity index is 2.22. The number of rotatable bonds is 5. The number of ether oxygens (including phenoxy) is 3. The van der Waals surface area contributed by atoms with Gasteiger partial charge >= 0.3 is 11.9 Å². The van der Waals surface area contributed by atoms with Crippen LogP contribution >= 0.6 is 0 Å². The van der Waals surface area contributed by atoms with Crippen LogP contribution in [0.25, 0.3) is 10.8 Å². The van der Waals surface area contributed by atoms with Crippen molar-refractivity contribution >= 4 is 22.7 Å². The van der Waals surface area contributed by atoms with Gasteiger partial charge in [0.2, 0.25) is 0 Å². The minimum atomic E-state index is -0.397. The standard InChI is InChI=1S/C16H16O5/c1-19-7-8-21-16(18)14-6-4-11-9-13(15(17)20-2)5-3-12(11)10-14/h3-6,9-10H,7-8H2,1-2H3. The first-order valence-corrected chi connectivity index (χ1v) is 6.44. The summed E-state index contributed by atoms with van der Waals surface area (Å²) in [6.07, 6.45) is 0. The van der Waals surface area contributed by atoms with E-state index in [4.69, 9.17) is 9.47 Å². The molecule has 0 aliphatic heterocycles. The van der Waals surface area contributed by atoms with Gasteiger partial charge in [-0.05, 0) is 35.0 Å². The molecule has 0 unspecified atom stereocenters. The predicted octanol–water partition coefficient (Wildman–Crippen LogP) is 2.43. The van der Waals surface area contributed by atoms with E-state index in [-0.39, 0.29) is 12.6 Å². The third-order valence-electron chi connectivity index (χ3n) is 3.02. The molecule has 21 heavy (non-hydrogen) atoms. The van der Waals surface area contributed by atoms with Gasteiger partial charge in [-0.2, -0.15) is 0 Å². The molecule has 0 amide bonds. The van der Waals surface area contributed by atoms with Crippen molar-refractivity contribution in [2.45, 2.75) is 0 Å². The number of carbonyl (C=O) groups is 2. The fourth-order valence-electron chi connectivity index (χ4n) is 1.92. The Morgan fingerprint density at radius 2 is 1.43 bits per heavy atom. The van der Waals surface area contributed by atoms with Crippen LogP contribution in [0.4, 0.5) is 0 Å². The third-order valence-corrected chi connectivity index (χ3v) is 3.02. The predicted molar refractivity (Wildman–Crippen MR) is 77.4 cm³/mol. The molecule has 5 heteroatoms. The summed E-state index contributed by atoms with van der Waals surface area (Å²) >= 11 is 0. The van der Waals surface area contributed by atoms with Crippen molar-refractivity contribution in [3.05, 3.63) is 47.5 Å². The summed E-state index contributed by atoms with van der Waals surface area (Å²) in [5, 5.41) is 1.70.